The Balaban J connectivity index is 3.14. The van der Waals surface area contributed by atoms with Gasteiger partial charge < -0.3 is 10.2 Å². The van der Waals surface area contributed by atoms with E-state index in [4.69, 9.17) is 6.57 Å². The minimum absolute atomic E-state index is 0.00348. The van der Waals surface area contributed by atoms with Gasteiger partial charge in [-0.05, 0) is 37.6 Å². The number of hydrogen-bond donors (Lipinski definition) is 2. The second-order valence-corrected chi connectivity index (χ2v) is 5.77. The molecule has 0 aliphatic rings. The van der Waals surface area contributed by atoms with Crippen LogP contribution in [-0.4, -0.2) is 19.3 Å². The smallest absolute Gasteiger partial charge is 0.271 e. The molecule has 0 atom stereocenters. The van der Waals surface area contributed by atoms with Gasteiger partial charge in [0.25, 0.3) is 16.8 Å². The first-order chi connectivity index (χ1) is 12.7. The maximum absolute atomic E-state index is 12.7. The average Bonchev–Trinajstić information content (AvgIpc) is 2.62. The molecule has 8 heteroatoms. The molecule has 0 unspecified atom stereocenters. The lowest BCUT2D eigenvalue weighted by Gasteiger charge is -2.13. The molecule has 0 aliphatic carbocycles. The third-order valence-corrected chi connectivity index (χ3v) is 4.43. The molecule has 2 heterocycles. The summed E-state index contributed by atoms with van der Waals surface area (Å²) in [6.07, 6.45) is 1.29. The van der Waals surface area contributed by atoms with Crippen molar-refractivity contribution >= 4 is 18.3 Å². The second-order valence-electron chi connectivity index (χ2n) is 5.77. The summed E-state index contributed by atoms with van der Waals surface area (Å²) in [5, 5.41) is 29.9. The maximum Gasteiger partial charge on any atom is 0.271 e. The van der Waals surface area contributed by atoms with Crippen molar-refractivity contribution in [2.75, 3.05) is 0 Å². The fourth-order valence-corrected chi connectivity index (χ4v) is 2.90. The molecule has 27 heavy (non-hydrogen) atoms. The molecule has 0 aliphatic heterocycles. The molecule has 0 radical (unpaired) electrons. The third-order valence-electron chi connectivity index (χ3n) is 4.43. The summed E-state index contributed by atoms with van der Waals surface area (Å²) in [6, 6.07) is 1.82. The highest BCUT2D eigenvalue weighted by atomic mass is 16.3. The van der Waals surface area contributed by atoms with Crippen LogP contribution in [0.3, 0.4) is 0 Å². The van der Waals surface area contributed by atoms with Gasteiger partial charge >= 0.3 is 0 Å². The van der Waals surface area contributed by atoms with Gasteiger partial charge in [-0.3, -0.25) is 18.7 Å². The van der Waals surface area contributed by atoms with Crippen LogP contribution in [0.15, 0.2) is 9.59 Å². The number of hydrogen-bond acceptors (Lipinski definition) is 5. The molecule has 2 rings (SSSR count). The quantitative estimate of drug-likeness (QED) is 0.765. The van der Waals surface area contributed by atoms with Crippen LogP contribution in [0.5, 0.6) is 11.8 Å². The van der Waals surface area contributed by atoms with Crippen molar-refractivity contribution in [3.05, 3.63) is 59.3 Å². The molecule has 0 amide bonds. The van der Waals surface area contributed by atoms with E-state index in [1.807, 2.05) is 6.07 Å². The van der Waals surface area contributed by atoms with Crippen molar-refractivity contribution in [3.63, 3.8) is 0 Å². The van der Waals surface area contributed by atoms with Gasteiger partial charge in [-0.1, -0.05) is 0 Å². The summed E-state index contributed by atoms with van der Waals surface area (Å²) in [4.78, 5) is 28.2. The number of pyridine rings is 2. The van der Waals surface area contributed by atoms with E-state index in [1.54, 1.807) is 13.8 Å². The first kappa shape index (κ1) is 19.5. The lowest BCUT2D eigenvalue weighted by atomic mass is 10.0. The Morgan fingerprint density at radius 1 is 1.19 bits per heavy atom. The molecular weight excluding hydrogens is 348 g/mol. The van der Waals surface area contributed by atoms with Crippen LogP contribution in [0.1, 0.15) is 30.5 Å². The number of rotatable bonds is 3. The predicted octanol–water partition coefficient (Wildman–Crippen LogP) is 0.431. The summed E-state index contributed by atoms with van der Waals surface area (Å²) in [6.45, 7) is 16.0. The van der Waals surface area contributed by atoms with Crippen molar-refractivity contribution < 1.29 is 10.2 Å². The van der Waals surface area contributed by atoms with Gasteiger partial charge in [0.2, 0.25) is 5.88 Å². The normalized spacial score (nSPS) is 11.2. The Hall–Kier alpha value is -3.78. The molecule has 2 aromatic heterocycles. The van der Waals surface area contributed by atoms with E-state index in [-0.39, 0.29) is 45.9 Å². The standard InChI is InChI=1S/C19H18N4O4/c1-6-22-16(24)12(10(3)14(9-20)18(22)26)8-13-11(4)15(21-5)19(27)23(7-2)17(13)25/h8,24,27H,4,6-7H2,1-3H3. The molecule has 0 fully saturated rings. The molecule has 0 saturated carbocycles. The first-order valence-electron chi connectivity index (χ1n) is 8.15. The van der Waals surface area contributed by atoms with Crippen LogP contribution < -0.4 is 21.6 Å². The largest absolute Gasteiger partial charge is 0.503 e. The summed E-state index contributed by atoms with van der Waals surface area (Å²) < 4.78 is 2.04. The molecule has 138 valence electrons. The number of nitrogens with zero attached hydrogens (tertiary/aromatic N) is 4. The lowest BCUT2D eigenvalue weighted by Crippen LogP contribution is -2.44. The second kappa shape index (κ2) is 7.22. The molecule has 8 nitrogen and oxygen atoms in total. The number of nitriles is 1. The fraction of sp³-hybridized carbons (Fsp3) is 0.263. The van der Waals surface area contributed by atoms with E-state index < -0.39 is 22.9 Å². The number of aromatic nitrogens is 2. The molecule has 0 bridgehead atoms. The predicted molar refractivity (Wildman–Crippen MR) is 100 cm³/mol. The SMILES string of the molecule is [C-]#[N+]c1c(O)n(CC)c(=O)c(=Cc2c(C)c(C#N)c(=O)n(CC)c2O)c1=C. The van der Waals surface area contributed by atoms with E-state index in [1.165, 1.54) is 13.0 Å². The Kier molecular flexibility index (Phi) is 5.23. The van der Waals surface area contributed by atoms with E-state index in [2.05, 4.69) is 11.4 Å². The molecular formula is C19H18N4O4. The van der Waals surface area contributed by atoms with Gasteiger partial charge in [-0.15, -0.1) is 6.58 Å². The Bertz CT molecular complexity index is 1250. The highest BCUT2D eigenvalue weighted by molar-refractivity contribution is 5.64. The summed E-state index contributed by atoms with van der Waals surface area (Å²) in [5.41, 5.74) is -1.22. The monoisotopic (exact) mass is 366 g/mol. The van der Waals surface area contributed by atoms with Gasteiger partial charge in [-0.25, -0.2) is 4.85 Å². The van der Waals surface area contributed by atoms with Crippen LogP contribution >= 0.6 is 0 Å². The topological polar surface area (TPSA) is 113 Å². The fourth-order valence-electron chi connectivity index (χ4n) is 2.90. The zero-order chi connectivity index (χ0) is 20.5. The highest BCUT2D eigenvalue weighted by Crippen LogP contribution is 2.22. The van der Waals surface area contributed by atoms with Gasteiger partial charge in [-0.2, -0.15) is 5.26 Å². The van der Waals surface area contributed by atoms with E-state index in [9.17, 15) is 25.1 Å². The van der Waals surface area contributed by atoms with Crippen LogP contribution in [0.2, 0.25) is 0 Å². The Labute approximate surface area is 154 Å². The first-order valence-corrected chi connectivity index (χ1v) is 8.15. The minimum atomic E-state index is -0.625. The molecule has 0 saturated heterocycles. The van der Waals surface area contributed by atoms with Crippen molar-refractivity contribution in [1.82, 2.24) is 9.13 Å². The highest BCUT2D eigenvalue weighted by Gasteiger charge is 2.18. The summed E-state index contributed by atoms with van der Waals surface area (Å²) in [5.74, 6) is -0.866. The molecule has 2 N–H and O–H groups in total. The summed E-state index contributed by atoms with van der Waals surface area (Å²) >= 11 is 0. The maximum atomic E-state index is 12.7. The zero-order valence-corrected chi connectivity index (χ0v) is 15.2. The summed E-state index contributed by atoms with van der Waals surface area (Å²) in [7, 11) is 0. The Morgan fingerprint density at radius 2 is 1.74 bits per heavy atom. The number of aromatic hydroxyl groups is 2. The van der Waals surface area contributed by atoms with Gasteiger partial charge in [0.1, 0.15) is 11.6 Å². The van der Waals surface area contributed by atoms with Crippen LogP contribution in [-0.2, 0) is 13.1 Å². The molecule has 0 spiro atoms. The van der Waals surface area contributed by atoms with E-state index in [0.29, 0.717) is 0 Å². The minimum Gasteiger partial charge on any atom is -0.503 e. The molecule has 0 aromatic carbocycles. The van der Waals surface area contributed by atoms with Crippen LogP contribution in [0, 0.1) is 24.8 Å². The van der Waals surface area contributed by atoms with Crippen molar-refractivity contribution in [2.45, 2.75) is 33.9 Å². The van der Waals surface area contributed by atoms with Crippen LogP contribution in [0.4, 0.5) is 5.69 Å². The third kappa shape index (κ3) is 2.87. The average molecular weight is 366 g/mol. The van der Waals surface area contributed by atoms with Gasteiger partial charge in [0.15, 0.2) is 5.88 Å². The van der Waals surface area contributed by atoms with Crippen molar-refractivity contribution in [1.29, 1.82) is 5.26 Å². The van der Waals surface area contributed by atoms with Gasteiger partial charge in [0, 0.05) is 23.9 Å². The molecule has 2 aromatic rings. The van der Waals surface area contributed by atoms with Crippen molar-refractivity contribution in [3.8, 4) is 17.8 Å². The van der Waals surface area contributed by atoms with Crippen molar-refractivity contribution in [2.24, 2.45) is 0 Å². The van der Waals surface area contributed by atoms with Gasteiger partial charge in [0.05, 0.1) is 6.57 Å². The lowest BCUT2D eigenvalue weighted by molar-refractivity contribution is 0.409. The van der Waals surface area contributed by atoms with E-state index >= 15 is 0 Å². The van der Waals surface area contributed by atoms with Crippen LogP contribution in [0.25, 0.3) is 17.5 Å². The Morgan fingerprint density at radius 3 is 2.22 bits per heavy atom. The van der Waals surface area contributed by atoms with E-state index in [0.717, 1.165) is 9.13 Å². The zero-order valence-electron chi connectivity index (χ0n) is 15.2.